The summed E-state index contributed by atoms with van der Waals surface area (Å²) in [5, 5.41) is 5.59. The summed E-state index contributed by atoms with van der Waals surface area (Å²) in [4.78, 5) is 39.7. The highest BCUT2D eigenvalue weighted by molar-refractivity contribution is 6.05. The highest BCUT2D eigenvalue weighted by atomic mass is 19.1. The molecule has 0 saturated carbocycles. The second kappa shape index (κ2) is 6.60. The van der Waals surface area contributed by atoms with Crippen LogP contribution in [-0.4, -0.2) is 53.8 Å². The lowest BCUT2D eigenvalue weighted by atomic mass is 10.0. The van der Waals surface area contributed by atoms with Crippen molar-refractivity contribution in [2.75, 3.05) is 18.0 Å². The first-order valence-corrected chi connectivity index (χ1v) is 9.33. The van der Waals surface area contributed by atoms with Crippen LogP contribution in [0.15, 0.2) is 12.1 Å². The summed E-state index contributed by atoms with van der Waals surface area (Å²) < 4.78 is 15.4. The number of nitrogens with one attached hydrogen (secondary N) is 2. The van der Waals surface area contributed by atoms with Gasteiger partial charge in [-0.15, -0.1) is 0 Å². The van der Waals surface area contributed by atoms with E-state index in [1.54, 1.807) is 12.1 Å². The van der Waals surface area contributed by atoms with Crippen molar-refractivity contribution in [2.24, 2.45) is 0 Å². The predicted molar refractivity (Wildman–Crippen MR) is 96.7 cm³/mol. The highest BCUT2D eigenvalue weighted by Gasteiger charge is 2.41. The SMILES string of the molecule is CC1CNCC(C)N1c1ccc2c(c1F)CN(C1CCC(=O)NC1=O)C2=O. The van der Waals surface area contributed by atoms with Crippen molar-refractivity contribution in [1.82, 2.24) is 15.5 Å². The van der Waals surface area contributed by atoms with Gasteiger partial charge in [0.1, 0.15) is 6.04 Å². The van der Waals surface area contributed by atoms with E-state index in [0.717, 1.165) is 13.1 Å². The molecule has 2 fully saturated rings. The number of benzene rings is 1. The Balaban J connectivity index is 1.65. The van der Waals surface area contributed by atoms with E-state index in [1.165, 1.54) is 4.90 Å². The first-order valence-electron chi connectivity index (χ1n) is 9.33. The van der Waals surface area contributed by atoms with Crippen LogP contribution in [0.25, 0.3) is 0 Å². The molecule has 144 valence electrons. The molecular weight excluding hydrogens is 351 g/mol. The van der Waals surface area contributed by atoms with Gasteiger partial charge in [-0.25, -0.2) is 4.39 Å². The van der Waals surface area contributed by atoms with Crippen LogP contribution >= 0.6 is 0 Å². The van der Waals surface area contributed by atoms with Gasteiger partial charge in [-0.1, -0.05) is 0 Å². The molecule has 3 aliphatic rings. The van der Waals surface area contributed by atoms with Crippen LogP contribution in [0, 0.1) is 5.82 Å². The summed E-state index contributed by atoms with van der Waals surface area (Å²) in [5.41, 5.74) is 1.13. The number of imide groups is 1. The Bertz CT molecular complexity index is 817. The third kappa shape index (κ3) is 2.88. The monoisotopic (exact) mass is 374 g/mol. The largest absolute Gasteiger partial charge is 0.361 e. The lowest BCUT2D eigenvalue weighted by Gasteiger charge is -2.41. The Morgan fingerprint density at radius 3 is 2.48 bits per heavy atom. The van der Waals surface area contributed by atoms with Crippen molar-refractivity contribution in [3.63, 3.8) is 0 Å². The Hall–Kier alpha value is -2.48. The summed E-state index contributed by atoms with van der Waals surface area (Å²) in [6.45, 7) is 5.66. The maximum absolute atomic E-state index is 15.4. The van der Waals surface area contributed by atoms with E-state index >= 15 is 4.39 Å². The molecule has 3 aliphatic heterocycles. The normalized spacial score (nSPS) is 28.4. The number of hydrogen-bond acceptors (Lipinski definition) is 5. The van der Waals surface area contributed by atoms with E-state index in [-0.39, 0.29) is 43.3 Å². The summed E-state index contributed by atoms with van der Waals surface area (Å²) in [6, 6.07) is 2.85. The minimum Gasteiger partial charge on any atom is -0.361 e. The molecule has 3 heterocycles. The molecule has 2 saturated heterocycles. The molecule has 3 amide bonds. The maximum atomic E-state index is 15.4. The molecule has 0 aromatic heterocycles. The number of halogens is 1. The van der Waals surface area contributed by atoms with Gasteiger partial charge in [0.05, 0.1) is 12.2 Å². The van der Waals surface area contributed by atoms with E-state index in [4.69, 9.17) is 0 Å². The molecule has 1 aromatic rings. The average molecular weight is 374 g/mol. The van der Waals surface area contributed by atoms with Crippen molar-refractivity contribution in [3.8, 4) is 0 Å². The third-order valence-electron chi connectivity index (χ3n) is 5.74. The number of piperidine rings is 1. The predicted octanol–water partition coefficient (Wildman–Crippen LogP) is 0.773. The van der Waals surface area contributed by atoms with Crippen LogP contribution in [-0.2, 0) is 16.1 Å². The summed E-state index contributed by atoms with van der Waals surface area (Å²) in [6.07, 6.45) is 0.449. The van der Waals surface area contributed by atoms with E-state index in [9.17, 15) is 14.4 Å². The molecule has 8 heteroatoms. The molecule has 3 atom stereocenters. The lowest BCUT2D eigenvalue weighted by Crippen LogP contribution is -2.55. The topological polar surface area (TPSA) is 81.8 Å². The van der Waals surface area contributed by atoms with Gasteiger partial charge in [-0.3, -0.25) is 19.7 Å². The minimum absolute atomic E-state index is 0.0506. The number of carbonyl (C=O) groups is 3. The molecule has 4 rings (SSSR count). The average Bonchev–Trinajstić information content (AvgIpc) is 2.94. The van der Waals surface area contributed by atoms with E-state index < -0.39 is 17.8 Å². The molecule has 7 nitrogen and oxygen atoms in total. The van der Waals surface area contributed by atoms with Crippen LogP contribution in [0.1, 0.15) is 42.6 Å². The van der Waals surface area contributed by atoms with Crippen molar-refractivity contribution in [1.29, 1.82) is 0 Å². The van der Waals surface area contributed by atoms with Gasteiger partial charge in [0.15, 0.2) is 5.82 Å². The van der Waals surface area contributed by atoms with Crippen molar-refractivity contribution >= 4 is 23.4 Å². The Kier molecular flexibility index (Phi) is 4.38. The quantitative estimate of drug-likeness (QED) is 0.748. The fourth-order valence-corrected chi connectivity index (χ4v) is 4.40. The molecule has 0 bridgehead atoms. The Morgan fingerprint density at radius 1 is 1.11 bits per heavy atom. The van der Waals surface area contributed by atoms with E-state index in [0.29, 0.717) is 16.8 Å². The summed E-state index contributed by atoms with van der Waals surface area (Å²) >= 11 is 0. The first-order chi connectivity index (χ1) is 12.9. The van der Waals surface area contributed by atoms with Gasteiger partial charge in [-0.05, 0) is 32.4 Å². The zero-order chi connectivity index (χ0) is 19.3. The van der Waals surface area contributed by atoms with Crippen LogP contribution in [0.3, 0.4) is 0 Å². The minimum atomic E-state index is -0.734. The number of hydrogen-bond donors (Lipinski definition) is 2. The molecule has 3 unspecified atom stereocenters. The zero-order valence-corrected chi connectivity index (χ0v) is 15.4. The van der Waals surface area contributed by atoms with Crippen molar-refractivity contribution < 1.29 is 18.8 Å². The molecule has 27 heavy (non-hydrogen) atoms. The van der Waals surface area contributed by atoms with Crippen LogP contribution in [0.2, 0.25) is 0 Å². The van der Waals surface area contributed by atoms with Crippen molar-refractivity contribution in [2.45, 2.75) is 51.4 Å². The fourth-order valence-electron chi connectivity index (χ4n) is 4.40. The van der Waals surface area contributed by atoms with E-state index in [2.05, 4.69) is 10.6 Å². The number of piperazine rings is 1. The number of nitrogens with zero attached hydrogens (tertiary/aromatic N) is 2. The molecule has 2 N–H and O–H groups in total. The third-order valence-corrected chi connectivity index (χ3v) is 5.74. The lowest BCUT2D eigenvalue weighted by molar-refractivity contribution is -0.136. The zero-order valence-electron chi connectivity index (χ0n) is 15.4. The van der Waals surface area contributed by atoms with Gasteiger partial charge in [-0.2, -0.15) is 0 Å². The summed E-state index contributed by atoms with van der Waals surface area (Å²) in [5.74, 6) is -1.57. The molecule has 0 spiro atoms. The molecule has 0 aliphatic carbocycles. The number of fused-ring (bicyclic) bond motifs is 1. The van der Waals surface area contributed by atoms with Gasteiger partial charge >= 0.3 is 0 Å². The molecule has 1 aromatic carbocycles. The summed E-state index contributed by atoms with van der Waals surface area (Å²) in [7, 11) is 0. The fraction of sp³-hybridized carbons (Fsp3) is 0.526. The highest BCUT2D eigenvalue weighted by Crippen LogP contribution is 2.35. The van der Waals surface area contributed by atoms with Crippen LogP contribution in [0.4, 0.5) is 10.1 Å². The Morgan fingerprint density at radius 2 is 1.81 bits per heavy atom. The van der Waals surface area contributed by atoms with Crippen molar-refractivity contribution in [3.05, 3.63) is 29.1 Å². The second-order valence-corrected chi connectivity index (χ2v) is 7.59. The Labute approximate surface area is 156 Å². The van der Waals surface area contributed by atoms with Crippen LogP contribution < -0.4 is 15.5 Å². The number of carbonyl (C=O) groups excluding carboxylic acids is 3. The number of rotatable bonds is 2. The number of anilines is 1. The van der Waals surface area contributed by atoms with E-state index in [1.807, 2.05) is 18.7 Å². The maximum Gasteiger partial charge on any atom is 0.255 e. The smallest absolute Gasteiger partial charge is 0.255 e. The standard InChI is InChI=1S/C19H23FN4O3/c1-10-7-21-8-11(2)24(10)14-4-3-12-13(17(14)20)9-23(19(12)27)15-5-6-16(25)22-18(15)26/h3-4,10-11,15,21H,5-9H2,1-2H3,(H,22,25,26). The molecule has 0 radical (unpaired) electrons. The first kappa shape index (κ1) is 17.9. The second-order valence-electron chi connectivity index (χ2n) is 7.59. The van der Waals surface area contributed by atoms with Crippen LogP contribution in [0.5, 0.6) is 0 Å². The van der Waals surface area contributed by atoms with Gasteiger partial charge in [0, 0.05) is 42.7 Å². The number of amides is 3. The van der Waals surface area contributed by atoms with Gasteiger partial charge < -0.3 is 15.1 Å². The molecular formula is C19H23FN4O3. The van der Waals surface area contributed by atoms with Gasteiger partial charge in [0.25, 0.3) is 5.91 Å². The van der Waals surface area contributed by atoms with Gasteiger partial charge in [0.2, 0.25) is 11.8 Å².